The summed E-state index contributed by atoms with van der Waals surface area (Å²) in [7, 11) is 0. The Morgan fingerprint density at radius 3 is 2.09 bits per heavy atom. The first kappa shape index (κ1) is 22.5. The summed E-state index contributed by atoms with van der Waals surface area (Å²) < 4.78 is 0. The number of carbonyl (C=O) groups is 2. The van der Waals surface area contributed by atoms with E-state index < -0.39 is 16.8 Å². The van der Waals surface area contributed by atoms with Crippen LogP contribution in [-0.2, 0) is 16.0 Å². The van der Waals surface area contributed by atoms with Gasteiger partial charge in [0.2, 0.25) is 11.8 Å². The van der Waals surface area contributed by atoms with Crippen molar-refractivity contribution in [1.29, 1.82) is 0 Å². The monoisotopic (exact) mass is 467 g/mol. The summed E-state index contributed by atoms with van der Waals surface area (Å²) in [6, 6.07) is 24.0. The molecule has 3 atom stereocenters. The molecule has 1 heterocycles. The highest BCUT2D eigenvalue weighted by molar-refractivity contribution is 6.22. The number of hydrogen-bond donors (Lipinski definition) is 1. The molecule has 0 radical (unpaired) electrons. The van der Waals surface area contributed by atoms with Crippen LogP contribution in [0.25, 0.3) is 0 Å². The maximum atomic E-state index is 13.0. The molecule has 5 rings (SSSR count). The zero-order chi connectivity index (χ0) is 24.4. The predicted octanol–water partition coefficient (Wildman–Crippen LogP) is 5.45. The van der Waals surface area contributed by atoms with Crippen LogP contribution in [0.15, 0.2) is 91.0 Å². The van der Waals surface area contributed by atoms with Crippen molar-refractivity contribution in [3.8, 4) is 0 Å². The zero-order valence-electron chi connectivity index (χ0n) is 19.0. The number of hydrogen-bond acceptors (Lipinski definition) is 5. The first-order chi connectivity index (χ1) is 17.0. The van der Waals surface area contributed by atoms with Gasteiger partial charge in [-0.1, -0.05) is 72.8 Å². The minimum Gasteiger partial charge on any atom is -0.372 e. The topological polar surface area (TPSA) is 92.6 Å². The first-order valence-corrected chi connectivity index (χ1v) is 11.7. The number of fused-ring (bicyclic) bond motifs is 1. The molecule has 0 bridgehead atoms. The van der Waals surface area contributed by atoms with Crippen molar-refractivity contribution in [2.45, 2.75) is 25.3 Å². The Morgan fingerprint density at radius 2 is 1.49 bits per heavy atom. The van der Waals surface area contributed by atoms with Crippen LogP contribution in [0.4, 0.5) is 17.1 Å². The van der Waals surface area contributed by atoms with Gasteiger partial charge in [-0.3, -0.25) is 19.7 Å². The van der Waals surface area contributed by atoms with Crippen LogP contribution in [0, 0.1) is 22.0 Å². The number of anilines is 2. The van der Waals surface area contributed by atoms with Gasteiger partial charge in [0.05, 0.1) is 28.5 Å². The molecule has 3 aromatic carbocycles. The van der Waals surface area contributed by atoms with E-state index in [1.165, 1.54) is 6.07 Å². The fraction of sp³-hybridized carbons (Fsp3) is 0.214. The summed E-state index contributed by atoms with van der Waals surface area (Å²) in [5, 5.41) is 15.4. The van der Waals surface area contributed by atoms with E-state index in [2.05, 4.69) is 5.32 Å². The number of allylic oxidation sites excluding steroid dienone is 2. The molecule has 1 aliphatic carbocycles. The molecular weight excluding hydrogens is 442 g/mol. The number of imide groups is 1. The van der Waals surface area contributed by atoms with Crippen molar-refractivity contribution in [3.63, 3.8) is 0 Å². The maximum Gasteiger partial charge on any atom is 0.294 e. The van der Waals surface area contributed by atoms with Gasteiger partial charge in [0.25, 0.3) is 5.69 Å². The molecule has 1 fully saturated rings. The van der Waals surface area contributed by atoms with E-state index in [9.17, 15) is 19.7 Å². The van der Waals surface area contributed by atoms with Crippen molar-refractivity contribution >= 4 is 28.9 Å². The predicted molar refractivity (Wildman–Crippen MR) is 134 cm³/mol. The molecule has 1 aliphatic heterocycles. The Labute approximate surface area is 203 Å². The average molecular weight is 468 g/mol. The maximum absolute atomic E-state index is 13.0. The molecule has 0 spiro atoms. The summed E-state index contributed by atoms with van der Waals surface area (Å²) in [6.07, 6.45) is 5.50. The Kier molecular flexibility index (Phi) is 6.14. The third-order valence-electron chi connectivity index (χ3n) is 6.76. The van der Waals surface area contributed by atoms with Crippen molar-refractivity contribution in [1.82, 2.24) is 0 Å². The lowest BCUT2D eigenvalue weighted by Gasteiger charge is -2.22. The van der Waals surface area contributed by atoms with Crippen LogP contribution < -0.4 is 10.2 Å². The minimum absolute atomic E-state index is 0.176. The van der Waals surface area contributed by atoms with Crippen LogP contribution in [0.3, 0.4) is 0 Å². The Morgan fingerprint density at radius 1 is 0.886 bits per heavy atom. The number of carbonyl (C=O) groups excluding carboxylic acids is 2. The van der Waals surface area contributed by atoms with Gasteiger partial charge < -0.3 is 5.32 Å². The van der Waals surface area contributed by atoms with Crippen LogP contribution in [-0.4, -0.2) is 16.7 Å². The summed E-state index contributed by atoms with van der Waals surface area (Å²) >= 11 is 0. The number of nitrogens with one attached hydrogen (secondary N) is 1. The highest BCUT2D eigenvalue weighted by Gasteiger charge is 2.48. The van der Waals surface area contributed by atoms with Crippen LogP contribution in [0.2, 0.25) is 0 Å². The van der Waals surface area contributed by atoms with Gasteiger partial charge in [-0.2, -0.15) is 0 Å². The van der Waals surface area contributed by atoms with Crippen molar-refractivity contribution < 1.29 is 14.5 Å². The molecular formula is C28H25N3O4. The normalized spacial score (nSPS) is 19.9. The molecule has 7 nitrogen and oxygen atoms in total. The number of nitro benzene ring substituents is 1. The van der Waals surface area contributed by atoms with E-state index in [-0.39, 0.29) is 29.2 Å². The van der Waals surface area contributed by atoms with E-state index >= 15 is 0 Å². The second-order valence-electron chi connectivity index (χ2n) is 8.92. The fourth-order valence-electron chi connectivity index (χ4n) is 4.96. The first-order valence-electron chi connectivity index (χ1n) is 11.7. The minimum atomic E-state index is -0.476. The van der Waals surface area contributed by atoms with Gasteiger partial charge >= 0.3 is 0 Å². The number of amides is 2. The highest BCUT2D eigenvalue weighted by atomic mass is 16.6. The quantitative estimate of drug-likeness (QED) is 0.216. The molecule has 35 heavy (non-hydrogen) atoms. The number of nitrogens with zero attached hydrogens (tertiary/aromatic N) is 2. The third kappa shape index (κ3) is 4.45. The molecule has 0 unspecified atom stereocenters. The Balaban J connectivity index is 1.47. The van der Waals surface area contributed by atoms with Gasteiger partial charge in [0, 0.05) is 6.07 Å². The van der Waals surface area contributed by atoms with Gasteiger partial charge in [0.1, 0.15) is 5.69 Å². The van der Waals surface area contributed by atoms with Gasteiger partial charge in [0.15, 0.2) is 0 Å². The lowest BCUT2D eigenvalue weighted by Crippen LogP contribution is -2.31. The molecule has 2 amide bonds. The van der Waals surface area contributed by atoms with Crippen LogP contribution in [0.5, 0.6) is 0 Å². The second-order valence-corrected chi connectivity index (χ2v) is 8.92. The SMILES string of the molecule is O=C1[C@@H]2CC=CC[C@H]2C(=O)N1c1ccc(N[C@@H](Cc2ccccc2)c2ccccc2)c([N+](=O)[O-])c1. The van der Waals surface area contributed by atoms with Gasteiger partial charge in [-0.15, -0.1) is 0 Å². The lowest BCUT2D eigenvalue weighted by atomic mass is 9.85. The lowest BCUT2D eigenvalue weighted by molar-refractivity contribution is -0.383. The highest BCUT2D eigenvalue weighted by Crippen LogP contribution is 2.40. The van der Waals surface area contributed by atoms with E-state index in [0.29, 0.717) is 24.9 Å². The molecule has 3 aromatic rings. The zero-order valence-corrected chi connectivity index (χ0v) is 19.0. The number of nitro groups is 1. The summed E-state index contributed by atoms with van der Waals surface area (Å²) in [5.41, 5.74) is 2.49. The molecule has 0 aromatic heterocycles. The van der Waals surface area contributed by atoms with Crippen LogP contribution >= 0.6 is 0 Å². The molecule has 176 valence electrons. The molecule has 1 saturated heterocycles. The number of benzene rings is 3. The third-order valence-corrected chi connectivity index (χ3v) is 6.76. The van der Waals surface area contributed by atoms with Crippen LogP contribution in [0.1, 0.15) is 30.0 Å². The van der Waals surface area contributed by atoms with Crippen molar-refractivity contribution in [3.05, 3.63) is 112 Å². The van der Waals surface area contributed by atoms with E-state index in [1.807, 2.05) is 72.8 Å². The van der Waals surface area contributed by atoms with E-state index in [4.69, 9.17) is 0 Å². The van der Waals surface area contributed by atoms with Gasteiger partial charge in [-0.25, -0.2) is 4.90 Å². The largest absolute Gasteiger partial charge is 0.372 e. The number of rotatable bonds is 7. The summed E-state index contributed by atoms with van der Waals surface area (Å²) in [6.45, 7) is 0. The summed E-state index contributed by atoms with van der Waals surface area (Å²) in [5.74, 6) is -1.36. The molecule has 0 saturated carbocycles. The standard InChI is InChI=1S/C28H25N3O4/c32-27-22-13-7-8-14-23(22)28(33)30(27)21-15-16-24(26(18-21)31(34)35)29-25(20-11-5-2-6-12-20)17-19-9-3-1-4-10-19/h1-12,15-16,18,22-23,25,29H,13-14,17H2/t22-,23-,25+/m1/s1. The van der Waals surface area contributed by atoms with Crippen molar-refractivity contribution in [2.75, 3.05) is 10.2 Å². The Bertz CT molecular complexity index is 1260. The Hall–Kier alpha value is -4.26. The van der Waals surface area contributed by atoms with E-state index in [1.54, 1.807) is 12.1 Å². The van der Waals surface area contributed by atoms with Gasteiger partial charge in [-0.05, 0) is 42.5 Å². The summed E-state index contributed by atoms with van der Waals surface area (Å²) in [4.78, 5) is 38.6. The molecule has 7 heteroatoms. The smallest absolute Gasteiger partial charge is 0.294 e. The molecule has 1 N–H and O–H groups in total. The molecule has 2 aliphatic rings. The average Bonchev–Trinajstić information content (AvgIpc) is 3.15. The fourth-order valence-corrected chi connectivity index (χ4v) is 4.96. The van der Waals surface area contributed by atoms with Crippen molar-refractivity contribution in [2.24, 2.45) is 11.8 Å². The second kappa shape index (κ2) is 9.54. The van der Waals surface area contributed by atoms with E-state index in [0.717, 1.165) is 16.0 Å².